The minimum atomic E-state index is 0.701. The second kappa shape index (κ2) is 6.12. The molecule has 2 aromatic rings. The Kier molecular flexibility index (Phi) is 4.27. The molecule has 0 spiro atoms. The predicted octanol–water partition coefficient (Wildman–Crippen LogP) is 3.80. The quantitative estimate of drug-likeness (QED) is 0.915. The highest BCUT2D eigenvalue weighted by Crippen LogP contribution is 2.22. The van der Waals surface area contributed by atoms with Gasteiger partial charge in [0, 0.05) is 12.2 Å². The zero-order valence-corrected chi connectivity index (χ0v) is 12.0. The minimum absolute atomic E-state index is 0.701. The molecule has 0 heterocycles. The monoisotopic (exact) mass is 266 g/mol. The van der Waals surface area contributed by atoms with Gasteiger partial charge in [-0.1, -0.05) is 6.07 Å². The molecule has 0 saturated heterocycles. The molecule has 0 aromatic heterocycles. The number of benzene rings is 2. The summed E-state index contributed by atoms with van der Waals surface area (Å²) in [6.45, 7) is 4.79. The van der Waals surface area contributed by atoms with E-state index in [0.717, 1.165) is 29.1 Å². The van der Waals surface area contributed by atoms with Crippen LogP contribution < -0.4 is 10.1 Å². The Morgan fingerprint density at radius 3 is 2.50 bits per heavy atom. The van der Waals surface area contributed by atoms with Gasteiger partial charge in [-0.25, -0.2) is 0 Å². The van der Waals surface area contributed by atoms with Gasteiger partial charge in [-0.15, -0.1) is 0 Å². The molecule has 0 bridgehead atoms. The summed E-state index contributed by atoms with van der Waals surface area (Å²) < 4.78 is 5.25. The zero-order valence-electron chi connectivity index (χ0n) is 12.0. The number of nitrogens with zero attached hydrogens (tertiary/aromatic N) is 1. The van der Waals surface area contributed by atoms with E-state index in [1.54, 1.807) is 7.11 Å². The Labute approximate surface area is 119 Å². The molecule has 3 heteroatoms. The van der Waals surface area contributed by atoms with Gasteiger partial charge >= 0.3 is 0 Å². The number of nitrogens with one attached hydrogen (secondary N) is 1. The van der Waals surface area contributed by atoms with E-state index in [1.165, 1.54) is 5.56 Å². The van der Waals surface area contributed by atoms with E-state index in [9.17, 15) is 0 Å². The van der Waals surface area contributed by atoms with Crippen LogP contribution >= 0.6 is 0 Å². The smallest absolute Gasteiger partial charge is 0.121 e. The topological polar surface area (TPSA) is 45.0 Å². The number of methoxy groups -OCH3 is 1. The Morgan fingerprint density at radius 2 is 1.90 bits per heavy atom. The number of nitriles is 1. The van der Waals surface area contributed by atoms with Gasteiger partial charge < -0.3 is 10.1 Å². The van der Waals surface area contributed by atoms with Crippen molar-refractivity contribution in [3.63, 3.8) is 0 Å². The predicted molar refractivity (Wildman–Crippen MR) is 81.0 cm³/mol. The fourth-order valence-electron chi connectivity index (χ4n) is 2.15. The molecule has 0 radical (unpaired) electrons. The van der Waals surface area contributed by atoms with Crippen molar-refractivity contribution in [1.82, 2.24) is 0 Å². The zero-order chi connectivity index (χ0) is 14.5. The molecule has 20 heavy (non-hydrogen) atoms. The standard InChI is InChI=1S/C17H18N2O/c1-12-8-14(10-18)4-5-15(12)11-19-16-6-7-17(20-3)13(2)9-16/h4-9,19H,11H2,1-3H3. The fraction of sp³-hybridized carbons (Fsp3) is 0.235. The van der Waals surface area contributed by atoms with Crippen LogP contribution in [0.15, 0.2) is 36.4 Å². The van der Waals surface area contributed by atoms with E-state index in [0.29, 0.717) is 5.56 Å². The lowest BCUT2D eigenvalue weighted by molar-refractivity contribution is 0.412. The van der Waals surface area contributed by atoms with E-state index in [-0.39, 0.29) is 0 Å². The van der Waals surface area contributed by atoms with Crippen LogP contribution in [-0.4, -0.2) is 7.11 Å². The van der Waals surface area contributed by atoms with Gasteiger partial charge in [0.05, 0.1) is 18.7 Å². The van der Waals surface area contributed by atoms with Crippen LogP contribution in [0.3, 0.4) is 0 Å². The fourth-order valence-corrected chi connectivity index (χ4v) is 2.15. The summed E-state index contributed by atoms with van der Waals surface area (Å²) in [7, 11) is 1.68. The van der Waals surface area contributed by atoms with Gasteiger partial charge in [-0.2, -0.15) is 5.26 Å². The van der Waals surface area contributed by atoms with Gasteiger partial charge in [0.25, 0.3) is 0 Å². The van der Waals surface area contributed by atoms with Crippen molar-refractivity contribution in [2.24, 2.45) is 0 Å². The van der Waals surface area contributed by atoms with Gasteiger partial charge in [-0.3, -0.25) is 0 Å². The first-order valence-corrected chi connectivity index (χ1v) is 6.52. The Hall–Kier alpha value is -2.47. The number of rotatable bonds is 4. The van der Waals surface area contributed by atoms with Gasteiger partial charge in [0.1, 0.15) is 5.75 Å². The maximum Gasteiger partial charge on any atom is 0.121 e. The van der Waals surface area contributed by atoms with Gasteiger partial charge in [-0.05, 0) is 60.9 Å². The van der Waals surface area contributed by atoms with Crippen LogP contribution in [0, 0.1) is 25.2 Å². The van der Waals surface area contributed by atoms with Crippen LogP contribution in [0.1, 0.15) is 22.3 Å². The summed E-state index contributed by atoms with van der Waals surface area (Å²) in [5.41, 5.74) is 5.19. The number of hydrogen-bond donors (Lipinski definition) is 1. The lowest BCUT2D eigenvalue weighted by atomic mass is 10.1. The average molecular weight is 266 g/mol. The molecule has 3 nitrogen and oxygen atoms in total. The number of ether oxygens (including phenoxy) is 1. The normalized spacial score (nSPS) is 9.90. The molecule has 0 atom stereocenters. The highest BCUT2D eigenvalue weighted by Gasteiger charge is 2.02. The third-order valence-electron chi connectivity index (χ3n) is 3.35. The van der Waals surface area contributed by atoms with Crippen LogP contribution in [-0.2, 0) is 6.54 Å². The molecule has 0 aliphatic rings. The van der Waals surface area contributed by atoms with Crippen LogP contribution in [0.4, 0.5) is 5.69 Å². The van der Waals surface area contributed by atoms with E-state index in [1.807, 2.05) is 44.2 Å². The van der Waals surface area contributed by atoms with Crippen LogP contribution in [0.5, 0.6) is 5.75 Å². The molecule has 0 unspecified atom stereocenters. The molecule has 0 aliphatic heterocycles. The molecular weight excluding hydrogens is 248 g/mol. The molecule has 2 rings (SSSR count). The van der Waals surface area contributed by atoms with Crippen molar-refractivity contribution in [1.29, 1.82) is 5.26 Å². The summed E-state index contributed by atoms with van der Waals surface area (Å²) in [5, 5.41) is 12.3. The van der Waals surface area contributed by atoms with E-state index >= 15 is 0 Å². The lowest BCUT2D eigenvalue weighted by Gasteiger charge is -2.11. The Bertz CT molecular complexity index is 657. The lowest BCUT2D eigenvalue weighted by Crippen LogP contribution is -2.02. The number of anilines is 1. The third kappa shape index (κ3) is 3.10. The maximum atomic E-state index is 8.86. The number of hydrogen-bond acceptors (Lipinski definition) is 3. The molecule has 0 amide bonds. The first-order valence-electron chi connectivity index (χ1n) is 6.52. The Balaban J connectivity index is 2.09. The summed E-state index contributed by atoms with van der Waals surface area (Å²) in [5.74, 6) is 0.894. The maximum absolute atomic E-state index is 8.86. The molecule has 0 fully saturated rings. The van der Waals surface area contributed by atoms with Crippen molar-refractivity contribution in [3.8, 4) is 11.8 Å². The van der Waals surface area contributed by atoms with E-state index < -0.39 is 0 Å². The van der Waals surface area contributed by atoms with Crippen LogP contribution in [0.25, 0.3) is 0 Å². The van der Waals surface area contributed by atoms with E-state index in [2.05, 4.69) is 17.5 Å². The highest BCUT2D eigenvalue weighted by molar-refractivity contribution is 5.51. The van der Waals surface area contributed by atoms with Crippen molar-refractivity contribution in [2.75, 3.05) is 12.4 Å². The van der Waals surface area contributed by atoms with Gasteiger partial charge in [0.15, 0.2) is 0 Å². The van der Waals surface area contributed by atoms with Crippen molar-refractivity contribution < 1.29 is 4.74 Å². The molecule has 2 aromatic carbocycles. The summed E-state index contributed by atoms with van der Waals surface area (Å²) in [6.07, 6.45) is 0. The second-order valence-corrected chi connectivity index (χ2v) is 4.79. The van der Waals surface area contributed by atoms with Crippen molar-refractivity contribution >= 4 is 5.69 Å². The van der Waals surface area contributed by atoms with Crippen molar-refractivity contribution in [2.45, 2.75) is 20.4 Å². The summed E-state index contributed by atoms with van der Waals surface area (Å²) >= 11 is 0. The first kappa shape index (κ1) is 14.0. The summed E-state index contributed by atoms with van der Waals surface area (Å²) in [6, 6.07) is 13.9. The largest absolute Gasteiger partial charge is 0.496 e. The highest BCUT2D eigenvalue weighted by atomic mass is 16.5. The SMILES string of the molecule is COc1ccc(NCc2ccc(C#N)cc2C)cc1C. The Morgan fingerprint density at radius 1 is 1.10 bits per heavy atom. The molecule has 0 aliphatic carbocycles. The van der Waals surface area contributed by atoms with Crippen LogP contribution in [0.2, 0.25) is 0 Å². The molecule has 0 saturated carbocycles. The molecule has 102 valence electrons. The summed E-state index contributed by atoms with van der Waals surface area (Å²) in [4.78, 5) is 0. The molecular formula is C17H18N2O. The molecule has 1 N–H and O–H groups in total. The average Bonchev–Trinajstić information content (AvgIpc) is 2.46. The van der Waals surface area contributed by atoms with Gasteiger partial charge in [0.2, 0.25) is 0 Å². The minimum Gasteiger partial charge on any atom is -0.496 e. The first-order chi connectivity index (χ1) is 9.63. The third-order valence-corrected chi connectivity index (χ3v) is 3.35. The van der Waals surface area contributed by atoms with Crippen molar-refractivity contribution in [3.05, 3.63) is 58.7 Å². The number of aryl methyl sites for hydroxylation is 2. The second-order valence-electron chi connectivity index (χ2n) is 4.79. The van der Waals surface area contributed by atoms with E-state index in [4.69, 9.17) is 10.00 Å².